The van der Waals surface area contributed by atoms with Crippen molar-refractivity contribution in [1.82, 2.24) is 4.90 Å². The molecule has 0 aromatic carbocycles. The Morgan fingerprint density at radius 1 is 1.29 bits per heavy atom. The van der Waals surface area contributed by atoms with E-state index in [1.54, 1.807) is 0 Å². The molecule has 1 aliphatic heterocycles. The Hall–Kier alpha value is 1.11. The zero-order valence-corrected chi connectivity index (χ0v) is 13.3. The molecule has 0 radical (unpaired) electrons. The van der Waals surface area contributed by atoms with E-state index in [1.807, 2.05) is 0 Å². The van der Waals surface area contributed by atoms with Crippen molar-refractivity contribution in [3.8, 4) is 0 Å². The summed E-state index contributed by atoms with van der Waals surface area (Å²) in [6.45, 7) is 1.49. The first-order valence-electron chi connectivity index (χ1n) is 5.25. The van der Waals surface area contributed by atoms with Gasteiger partial charge in [0.05, 0.1) is 19.8 Å². The van der Waals surface area contributed by atoms with E-state index in [-0.39, 0.29) is 51.4 Å². The van der Waals surface area contributed by atoms with Gasteiger partial charge in [-0.15, -0.1) is 12.1 Å². The summed E-state index contributed by atoms with van der Waals surface area (Å²) >= 11 is 0. The van der Waals surface area contributed by atoms with Crippen LogP contribution in [-0.4, -0.2) is 57.9 Å². The number of ether oxygens (including phenoxy) is 2. The van der Waals surface area contributed by atoms with Crippen molar-refractivity contribution < 1.29 is 73.8 Å². The molecule has 1 aliphatic rings. The monoisotopic (exact) mass is 277 g/mol. The van der Waals surface area contributed by atoms with Crippen LogP contribution in [0, 0.1) is 0 Å². The molecular formula is C9H16BF3KNO2. The maximum absolute atomic E-state index is 12.1. The Morgan fingerprint density at radius 2 is 1.88 bits per heavy atom. The first-order chi connectivity index (χ1) is 7.50. The molecule has 1 saturated heterocycles. The standard InChI is InChI=1S/C9H16BF3NO2.K/c1-9(10(11,12)13)8-16-7-4-14-2-5-15-6-3-14;/h1-8H2;/q-1;+1. The molecule has 0 unspecified atom stereocenters. The van der Waals surface area contributed by atoms with E-state index in [0.29, 0.717) is 26.4 Å². The van der Waals surface area contributed by atoms with Crippen LogP contribution in [-0.2, 0) is 9.47 Å². The van der Waals surface area contributed by atoms with Crippen LogP contribution < -0.4 is 51.4 Å². The van der Waals surface area contributed by atoms with Crippen LogP contribution in [0.2, 0.25) is 0 Å². The van der Waals surface area contributed by atoms with Crippen LogP contribution in [0.3, 0.4) is 0 Å². The summed E-state index contributed by atoms with van der Waals surface area (Å²) in [5.74, 6) is 0. The second-order valence-corrected chi connectivity index (χ2v) is 3.74. The quantitative estimate of drug-likeness (QED) is 0.426. The zero-order valence-electron chi connectivity index (χ0n) is 10.1. The largest absolute Gasteiger partial charge is 1.00 e. The topological polar surface area (TPSA) is 21.7 Å². The molecule has 0 saturated carbocycles. The van der Waals surface area contributed by atoms with Gasteiger partial charge < -0.3 is 22.4 Å². The van der Waals surface area contributed by atoms with Gasteiger partial charge in [-0.1, -0.05) is 0 Å². The third-order valence-corrected chi connectivity index (χ3v) is 2.41. The third kappa shape index (κ3) is 7.99. The smallest absolute Gasteiger partial charge is 0.445 e. The minimum absolute atomic E-state index is 0. The third-order valence-electron chi connectivity index (χ3n) is 2.41. The number of hydrogen-bond donors (Lipinski definition) is 0. The molecule has 8 heteroatoms. The van der Waals surface area contributed by atoms with Gasteiger partial charge in [-0.25, -0.2) is 0 Å². The van der Waals surface area contributed by atoms with Gasteiger partial charge in [0.1, 0.15) is 0 Å². The predicted octanol–water partition coefficient (Wildman–Crippen LogP) is -1.72. The van der Waals surface area contributed by atoms with Crippen LogP contribution in [0.25, 0.3) is 0 Å². The van der Waals surface area contributed by atoms with Crippen molar-refractivity contribution in [2.24, 2.45) is 0 Å². The maximum Gasteiger partial charge on any atom is 1.00 e. The summed E-state index contributed by atoms with van der Waals surface area (Å²) in [4.78, 5) is 2.10. The van der Waals surface area contributed by atoms with Crippen molar-refractivity contribution in [2.45, 2.75) is 0 Å². The molecule has 0 bridgehead atoms. The van der Waals surface area contributed by atoms with Gasteiger partial charge in [0.2, 0.25) is 0 Å². The number of halogens is 3. The van der Waals surface area contributed by atoms with Crippen LogP contribution in [0.15, 0.2) is 12.1 Å². The summed E-state index contributed by atoms with van der Waals surface area (Å²) in [5, 5.41) is 0. The summed E-state index contributed by atoms with van der Waals surface area (Å²) in [6.07, 6.45) is 0. The van der Waals surface area contributed by atoms with Crippen molar-refractivity contribution in [3.05, 3.63) is 12.1 Å². The SMILES string of the molecule is C=C(COCCN1CCOCC1)[B-](F)(F)F.[K+]. The summed E-state index contributed by atoms with van der Waals surface area (Å²) in [7, 11) is 0. The Labute approximate surface area is 142 Å². The molecule has 3 nitrogen and oxygen atoms in total. The van der Waals surface area contributed by atoms with E-state index in [1.165, 1.54) is 0 Å². The molecule has 0 amide bonds. The van der Waals surface area contributed by atoms with Gasteiger partial charge in [-0.3, -0.25) is 4.90 Å². The molecule has 1 fully saturated rings. The molecule has 0 spiro atoms. The number of hydrogen-bond acceptors (Lipinski definition) is 3. The van der Waals surface area contributed by atoms with Gasteiger partial charge >= 0.3 is 58.4 Å². The van der Waals surface area contributed by atoms with E-state index in [4.69, 9.17) is 9.47 Å². The summed E-state index contributed by atoms with van der Waals surface area (Å²) < 4.78 is 46.3. The van der Waals surface area contributed by atoms with Crippen LogP contribution in [0.4, 0.5) is 12.9 Å². The minimum atomic E-state index is -4.96. The van der Waals surface area contributed by atoms with E-state index in [9.17, 15) is 12.9 Å². The van der Waals surface area contributed by atoms with Gasteiger partial charge in [0, 0.05) is 26.2 Å². The normalized spacial score (nSPS) is 17.6. The van der Waals surface area contributed by atoms with Crippen molar-refractivity contribution >= 4 is 6.98 Å². The van der Waals surface area contributed by atoms with Gasteiger partial charge in [0.15, 0.2) is 0 Å². The number of nitrogens with zero attached hydrogens (tertiary/aromatic N) is 1. The van der Waals surface area contributed by atoms with E-state index >= 15 is 0 Å². The zero-order chi connectivity index (χ0) is 12.0. The maximum atomic E-state index is 12.1. The fourth-order valence-electron chi connectivity index (χ4n) is 1.32. The summed E-state index contributed by atoms with van der Waals surface area (Å²) in [6, 6.07) is 0. The molecule has 0 N–H and O–H groups in total. The van der Waals surface area contributed by atoms with E-state index < -0.39 is 19.1 Å². The molecule has 0 atom stereocenters. The van der Waals surface area contributed by atoms with Crippen molar-refractivity contribution in [2.75, 3.05) is 46.1 Å². The Kier molecular flexibility index (Phi) is 9.68. The molecule has 0 aromatic heterocycles. The second-order valence-electron chi connectivity index (χ2n) is 3.74. The van der Waals surface area contributed by atoms with Crippen LogP contribution in [0.1, 0.15) is 0 Å². The van der Waals surface area contributed by atoms with Gasteiger partial charge in [0.25, 0.3) is 0 Å². The molecule has 17 heavy (non-hydrogen) atoms. The first-order valence-corrected chi connectivity index (χ1v) is 5.25. The van der Waals surface area contributed by atoms with Crippen LogP contribution in [0.5, 0.6) is 0 Å². The average Bonchev–Trinajstić information content (AvgIpc) is 2.24. The summed E-state index contributed by atoms with van der Waals surface area (Å²) in [5.41, 5.74) is -0.776. The minimum Gasteiger partial charge on any atom is -0.445 e. The molecule has 94 valence electrons. The molecule has 1 rings (SSSR count). The van der Waals surface area contributed by atoms with Crippen molar-refractivity contribution in [1.29, 1.82) is 0 Å². The van der Waals surface area contributed by atoms with Crippen molar-refractivity contribution in [3.63, 3.8) is 0 Å². The fraction of sp³-hybridized carbons (Fsp3) is 0.778. The Balaban J connectivity index is 0.00000256. The fourth-order valence-corrected chi connectivity index (χ4v) is 1.32. The Morgan fingerprint density at radius 3 is 2.41 bits per heavy atom. The average molecular weight is 277 g/mol. The Bertz CT molecular complexity index is 235. The predicted molar refractivity (Wildman–Crippen MR) is 56.3 cm³/mol. The number of morpholine rings is 1. The van der Waals surface area contributed by atoms with Crippen LogP contribution >= 0.6 is 0 Å². The first kappa shape index (κ1) is 18.1. The molecule has 0 aromatic rings. The van der Waals surface area contributed by atoms with E-state index in [2.05, 4.69) is 11.5 Å². The number of rotatable bonds is 6. The molecular weight excluding hydrogens is 261 g/mol. The van der Waals surface area contributed by atoms with Gasteiger partial charge in [-0.05, 0) is 0 Å². The molecule has 1 heterocycles. The van der Waals surface area contributed by atoms with E-state index in [0.717, 1.165) is 13.1 Å². The molecule has 0 aliphatic carbocycles. The van der Waals surface area contributed by atoms with Gasteiger partial charge in [-0.2, -0.15) is 0 Å². The second kappa shape index (κ2) is 9.08.